The molecule has 1 heterocycles. The van der Waals surface area contributed by atoms with Crippen LogP contribution in [0.3, 0.4) is 0 Å². The van der Waals surface area contributed by atoms with Gasteiger partial charge in [0.1, 0.15) is 30.5 Å². The van der Waals surface area contributed by atoms with E-state index in [2.05, 4.69) is 19.9 Å². The van der Waals surface area contributed by atoms with Crippen molar-refractivity contribution < 1.29 is 53.4 Å². The molecule has 230 valence electrons. The van der Waals surface area contributed by atoms with Crippen molar-refractivity contribution in [1.29, 1.82) is 0 Å². The maximum absolute atomic E-state index is 12.3. The Labute approximate surface area is 240 Å². The molecule has 41 heavy (non-hydrogen) atoms. The van der Waals surface area contributed by atoms with E-state index >= 15 is 0 Å². The van der Waals surface area contributed by atoms with E-state index < -0.39 is 42.8 Å². The van der Waals surface area contributed by atoms with Gasteiger partial charge in [-0.05, 0) is 61.7 Å². The third kappa shape index (κ3) is 5.22. The average molecular weight is 581 g/mol. The summed E-state index contributed by atoms with van der Waals surface area (Å²) in [4.78, 5) is 36.0. The molecule has 4 aliphatic carbocycles. The number of hydrogen-bond donors (Lipinski definition) is 3. The Balaban J connectivity index is 1.51. The maximum Gasteiger partial charge on any atom is 0.337 e. The van der Waals surface area contributed by atoms with Gasteiger partial charge in [0.05, 0.1) is 13.2 Å². The molecule has 3 N–H and O–H groups in total. The molecule has 13 atom stereocenters. The summed E-state index contributed by atoms with van der Waals surface area (Å²) in [5.41, 5.74) is 0.703. The standard InChI is InChI=1S/C30H44O11/c1-14(31)38-17-8-10-29(3)16(12-17)13-20(40-28-25(35)23(33)24(34)26(41-28)27(36)37-5)22-18-6-7-21(39-15(2)32)30(18,4)11-9-19(22)29/h13,17-26,28,33-35H,6-12H2,1-5H3/t17-,18?,19?,20-,21-,22?,23+,24+,25-,26+,28-,29+,30+/m1/s1. The zero-order chi connectivity index (χ0) is 29.9. The molecule has 11 nitrogen and oxygen atoms in total. The van der Waals surface area contributed by atoms with Crippen molar-refractivity contribution in [3.8, 4) is 0 Å². The maximum atomic E-state index is 12.3. The zero-order valence-corrected chi connectivity index (χ0v) is 24.5. The number of esters is 3. The Morgan fingerprint density at radius 2 is 1.61 bits per heavy atom. The van der Waals surface area contributed by atoms with E-state index in [1.54, 1.807) is 0 Å². The van der Waals surface area contributed by atoms with Crippen LogP contribution in [-0.4, -0.2) is 89.4 Å². The highest BCUT2D eigenvalue weighted by atomic mass is 16.7. The van der Waals surface area contributed by atoms with Gasteiger partial charge in [0.2, 0.25) is 0 Å². The number of aliphatic hydroxyl groups excluding tert-OH is 3. The van der Waals surface area contributed by atoms with Crippen molar-refractivity contribution in [3.05, 3.63) is 11.6 Å². The molecule has 0 spiro atoms. The Kier molecular flexibility index (Phi) is 8.32. The van der Waals surface area contributed by atoms with Crippen LogP contribution in [-0.2, 0) is 38.1 Å². The molecule has 3 unspecified atom stereocenters. The minimum Gasteiger partial charge on any atom is -0.467 e. The molecule has 4 fully saturated rings. The lowest BCUT2D eigenvalue weighted by atomic mass is 9.47. The molecular weight excluding hydrogens is 536 g/mol. The van der Waals surface area contributed by atoms with Crippen molar-refractivity contribution >= 4 is 17.9 Å². The first kappa shape index (κ1) is 30.4. The smallest absolute Gasteiger partial charge is 0.337 e. The van der Waals surface area contributed by atoms with Crippen LogP contribution in [0.4, 0.5) is 0 Å². The molecule has 0 aromatic heterocycles. The van der Waals surface area contributed by atoms with Crippen LogP contribution in [0.1, 0.15) is 72.6 Å². The minimum absolute atomic E-state index is 0.0234. The number of ether oxygens (including phenoxy) is 5. The van der Waals surface area contributed by atoms with Crippen molar-refractivity contribution in [2.75, 3.05) is 7.11 Å². The topological polar surface area (TPSA) is 158 Å². The highest BCUT2D eigenvalue weighted by molar-refractivity contribution is 5.75. The Bertz CT molecular complexity index is 1070. The summed E-state index contributed by atoms with van der Waals surface area (Å²) in [6.45, 7) is 7.30. The second-order valence-electron chi connectivity index (χ2n) is 13.1. The largest absolute Gasteiger partial charge is 0.467 e. The van der Waals surface area contributed by atoms with Crippen LogP contribution in [0.2, 0.25) is 0 Å². The lowest BCUT2D eigenvalue weighted by Gasteiger charge is -2.59. The van der Waals surface area contributed by atoms with Gasteiger partial charge in [-0.1, -0.05) is 25.5 Å². The summed E-state index contributed by atoms with van der Waals surface area (Å²) < 4.78 is 28.4. The van der Waals surface area contributed by atoms with Gasteiger partial charge in [-0.3, -0.25) is 9.59 Å². The third-order valence-electron chi connectivity index (χ3n) is 10.9. The molecule has 0 aromatic rings. The van der Waals surface area contributed by atoms with E-state index in [-0.39, 0.29) is 52.7 Å². The SMILES string of the molecule is COC(=O)[C@H]1O[C@@H](O[C@@H]2C=C3C[C@H](OC(C)=O)CC[C@]3(C)C3CC[C@@]4(C)C(CC[C@H]4OC(C)=O)C32)[C@H](O)[C@@H](O)[C@@H]1O. The first-order chi connectivity index (χ1) is 19.3. The lowest BCUT2D eigenvalue weighted by Crippen LogP contribution is -2.62. The van der Waals surface area contributed by atoms with E-state index in [0.717, 1.165) is 51.2 Å². The van der Waals surface area contributed by atoms with E-state index in [4.69, 9.17) is 23.7 Å². The predicted molar refractivity (Wildman–Crippen MR) is 142 cm³/mol. The van der Waals surface area contributed by atoms with Gasteiger partial charge in [0, 0.05) is 25.7 Å². The van der Waals surface area contributed by atoms with Crippen molar-refractivity contribution in [3.63, 3.8) is 0 Å². The van der Waals surface area contributed by atoms with Crippen LogP contribution in [0.25, 0.3) is 0 Å². The number of carbonyl (C=O) groups is 3. The molecule has 5 aliphatic rings. The summed E-state index contributed by atoms with van der Waals surface area (Å²) in [6, 6.07) is 0. The summed E-state index contributed by atoms with van der Waals surface area (Å²) in [6.07, 6.45) is -1.35. The predicted octanol–water partition coefficient (Wildman–Crippen LogP) is 1.79. The fraction of sp³-hybridized carbons (Fsp3) is 0.833. The van der Waals surface area contributed by atoms with E-state index in [9.17, 15) is 29.7 Å². The van der Waals surface area contributed by atoms with Gasteiger partial charge >= 0.3 is 17.9 Å². The van der Waals surface area contributed by atoms with Crippen molar-refractivity contribution in [2.24, 2.45) is 28.6 Å². The van der Waals surface area contributed by atoms with Crippen LogP contribution < -0.4 is 0 Å². The summed E-state index contributed by atoms with van der Waals surface area (Å²) in [5, 5.41) is 31.8. The molecule has 1 aliphatic heterocycles. The molecule has 0 radical (unpaired) electrons. The fourth-order valence-electron chi connectivity index (χ4n) is 8.83. The molecular formula is C30H44O11. The third-order valence-corrected chi connectivity index (χ3v) is 10.9. The fourth-order valence-corrected chi connectivity index (χ4v) is 8.83. The summed E-state index contributed by atoms with van der Waals surface area (Å²) >= 11 is 0. The highest BCUT2D eigenvalue weighted by Gasteiger charge is 2.63. The normalized spacial score (nSPS) is 47.2. The van der Waals surface area contributed by atoms with Gasteiger partial charge in [0.15, 0.2) is 12.4 Å². The monoisotopic (exact) mass is 580 g/mol. The van der Waals surface area contributed by atoms with E-state index in [1.165, 1.54) is 13.8 Å². The first-order valence-corrected chi connectivity index (χ1v) is 14.8. The quantitative estimate of drug-likeness (QED) is 0.247. The Morgan fingerprint density at radius 3 is 2.27 bits per heavy atom. The summed E-state index contributed by atoms with van der Waals surface area (Å²) in [7, 11) is 1.15. The number of rotatable bonds is 5. The Morgan fingerprint density at radius 1 is 0.902 bits per heavy atom. The number of hydrogen-bond acceptors (Lipinski definition) is 11. The Hall–Kier alpha value is -2.05. The van der Waals surface area contributed by atoms with E-state index in [0.29, 0.717) is 6.42 Å². The molecule has 0 bridgehead atoms. The lowest BCUT2D eigenvalue weighted by molar-refractivity contribution is -0.310. The minimum atomic E-state index is -1.69. The van der Waals surface area contributed by atoms with Gasteiger partial charge in [-0.2, -0.15) is 0 Å². The molecule has 0 amide bonds. The van der Waals surface area contributed by atoms with Crippen molar-refractivity contribution in [2.45, 2.75) is 122 Å². The van der Waals surface area contributed by atoms with E-state index in [1.807, 2.05) is 0 Å². The zero-order valence-electron chi connectivity index (χ0n) is 24.5. The van der Waals surface area contributed by atoms with Gasteiger partial charge < -0.3 is 39.0 Å². The van der Waals surface area contributed by atoms with Crippen LogP contribution in [0.15, 0.2) is 11.6 Å². The second-order valence-corrected chi connectivity index (χ2v) is 13.1. The number of fused-ring (bicyclic) bond motifs is 5. The van der Waals surface area contributed by atoms with Gasteiger partial charge in [-0.15, -0.1) is 0 Å². The number of carbonyl (C=O) groups excluding carboxylic acids is 3. The van der Waals surface area contributed by atoms with Crippen LogP contribution in [0, 0.1) is 28.6 Å². The molecule has 3 saturated carbocycles. The number of methoxy groups -OCH3 is 1. The summed E-state index contributed by atoms with van der Waals surface area (Å²) in [5.74, 6) is -1.18. The van der Waals surface area contributed by atoms with Crippen LogP contribution in [0.5, 0.6) is 0 Å². The highest BCUT2D eigenvalue weighted by Crippen LogP contribution is 2.66. The van der Waals surface area contributed by atoms with Crippen molar-refractivity contribution in [1.82, 2.24) is 0 Å². The average Bonchev–Trinajstić information content (AvgIpc) is 3.24. The van der Waals surface area contributed by atoms with Gasteiger partial charge in [-0.25, -0.2) is 4.79 Å². The molecule has 0 aromatic carbocycles. The van der Waals surface area contributed by atoms with Crippen LogP contribution >= 0.6 is 0 Å². The molecule has 1 saturated heterocycles. The second kappa shape index (κ2) is 11.2. The molecule has 11 heteroatoms. The number of aliphatic hydroxyl groups is 3. The molecule has 5 rings (SSSR count). The van der Waals surface area contributed by atoms with Gasteiger partial charge in [0.25, 0.3) is 0 Å². The first-order valence-electron chi connectivity index (χ1n) is 14.8.